The fourth-order valence-electron chi connectivity index (χ4n) is 2.82. The number of morpholine rings is 1. The predicted octanol–water partition coefficient (Wildman–Crippen LogP) is 3.04. The molecule has 1 aliphatic heterocycles. The summed E-state index contributed by atoms with van der Waals surface area (Å²) in [4.78, 5) is 12.9. The zero-order chi connectivity index (χ0) is 15.4. The average Bonchev–Trinajstić information content (AvgIpc) is 2.56. The summed E-state index contributed by atoms with van der Waals surface area (Å²) in [6.45, 7) is 1.93. The topological polar surface area (TPSA) is 55.6 Å². The fourth-order valence-corrected chi connectivity index (χ4v) is 2.82. The third-order valence-electron chi connectivity index (χ3n) is 3.86. The fraction of sp³-hybridized carbons (Fsp3) is 0.294. The van der Waals surface area contributed by atoms with Gasteiger partial charge in [0, 0.05) is 25.6 Å². The second kappa shape index (κ2) is 6.58. The molecule has 2 aromatic rings. The van der Waals surface area contributed by atoms with Crippen molar-refractivity contribution < 1.29 is 9.66 Å². The number of para-hydroxylation sites is 2. The molecule has 1 fully saturated rings. The molecule has 1 atom stereocenters. The Kier molecular flexibility index (Phi) is 4.34. The summed E-state index contributed by atoms with van der Waals surface area (Å²) >= 11 is 0. The highest BCUT2D eigenvalue weighted by Crippen LogP contribution is 2.29. The van der Waals surface area contributed by atoms with Crippen molar-refractivity contribution in [2.45, 2.75) is 12.5 Å². The summed E-state index contributed by atoms with van der Waals surface area (Å²) < 4.78 is 5.82. The molecule has 0 bridgehead atoms. The van der Waals surface area contributed by atoms with Gasteiger partial charge in [-0.15, -0.1) is 0 Å². The second-order valence-electron chi connectivity index (χ2n) is 5.37. The number of hydrogen-bond donors (Lipinski definition) is 0. The molecular weight excluding hydrogens is 280 g/mol. The molecule has 22 heavy (non-hydrogen) atoms. The van der Waals surface area contributed by atoms with Crippen LogP contribution in [0, 0.1) is 10.1 Å². The maximum absolute atomic E-state index is 11.2. The molecule has 1 aliphatic rings. The Morgan fingerprint density at radius 3 is 2.64 bits per heavy atom. The number of nitro groups is 1. The van der Waals surface area contributed by atoms with Gasteiger partial charge in [0.15, 0.2) is 0 Å². The highest BCUT2D eigenvalue weighted by atomic mass is 16.6. The molecule has 5 heteroatoms. The van der Waals surface area contributed by atoms with Gasteiger partial charge in [0.05, 0.1) is 17.6 Å². The first-order valence-corrected chi connectivity index (χ1v) is 7.38. The molecule has 1 unspecified atom stereocenters. The molecule has 0 amide bonds. The maximum Gasteiger partial charge on any atom is 0.292 e. The summed E-state index contributed by atoms with van der Waals surface area (Å²) in [5.41, 5.74) is 2.05. The molecule has 0 spiro atoms. The van der Waals surface area contributed by atoms with E-state index in [1.54, 1.807) is 12.1 Å². The van der Waals surface area contributed by atoms with Crippen molar-refractivity contribution in [2.24, 2.45) is 0 Å². The lowest BCUT2D eigenvalue weighted by molar-refractivity contribution is -0.384. The van der Waals surface area contributed by atoms with E-state index in [4.69, 9.17) is 4.74 Å². The van der Waals surface area contributed by atoms with Gasteiger partial charge in [-0.2, -0.15) is 0 Å². The van der Waals surface area contributed by atoms with Gasteiger partial charge in [0.2, 0.25) is 0 Å². The summed E-state index contributed by atoms with van der Waals surface area (Å²) in [7, 11) is 0. The Bertz CT molecular complexity index is 645. The number of rotatable bonds is 4. The number of ether oxygens (including phenoxy) is 1. The number of anilines is 1. The summed E-state index contributed by atoms with van der Waals surface area (Å²) in [6.07, 6.45) is 0.869. The zero-order valence-corrected chi connectivity index (χ0v) is 12.2. The number of nitrogens with zero attached hydrogens (tertiary/aromatic N) is 2. The molecule has 0 radical (unpaired) electrons. The monoisotopic (exact) mass is 298 g/mol. The second-order valence-corrected chi connectivity index (χ2v) is 5.37. The van der Waals surface area contributed by atoms with Gasteiger partial charge >= 0.3 is 0 Å². The minimum atomic E-state index is -0.322. The Morgan fingerprint density at radius 2 is 1.86 bits per heavy atom. The van der Waals surface area contributed by atoms with Crippen LogP contribution in [0.3, 0.4) is 0 Å². The van der Waals surface area contributed by atoms with E-state index < -0.39 is 0 Å². The first-order chi connectivity index (χ1) is 10.7. The van der Waals surface area contributed by atoms with Crippen LogP contribution in [0.2, 0.25) is 0 Å². The zero-order valence-electron chi connectivity index (χ0n) is 12.2. The van der Waals surface area contributed by atoms with E-state index in [0.717, 1.165) is 6.42 Å². The summed E-state index contributed by atoms with van der Waals surface area (Å²) in [5, 5.41) is 11.2. The Labute approximate surface area is 129 Å². The van der Waals surface area contributed by atoms with Crippen LogP contribution in [0.25, 0.3) is 0 Å². The van der Waals surface area contributed by atoms with Crippen molar-refractivity contribution in [3.8, 4) is 0 Å². The van der Waals surface area contributed by atoms with Crippen LogP contribution in [-0.2, 0) is 11.2 Å². The van der Waals surface area contributed by atoms with Crippen LogP contribution in [0.5, 0.6) is 0 Å². The van der Waals surface area contributed by atoms with Gasteiger partial charge in [0.1, 0.15) is 5.69 Å². The lowest BCUT2D eigenvalue weighted by Crippen LogP contribution is -2.43. The Morgan fingerprint density at radius 1 is 1.14 bits per heavy atom. The average molecular weight is 298 g/mol. The molecule has 3 rings (SSSR count). The maximum atomic E-state index is 11.2. The molecule has 114 valence electrons. The molecule has 0 N–H and O–H groups in total. The van der Waals surface area contributed by atoms with Crippen LogP contribution >= 0.6 is 0 Å². The number of nitro benzene ring substituents is 1. The Balaban J connectivity index is 1.75. The minimum Gasteiger partial charge on any atom is -0.374 e. The van der Waals surface area contributed by atoms with Crippen LogP contribution < -0.4 is 4.90 Å². The van der Waals surface area contributed by atoms with Gasteiger partial charge in [-0.1, -0.05) is 42.5 Å². The van der Waals surface area contributed by atoms with E-state index in [0.29, 0.717) is 25.4 Å². The van der Waals surface area contributed by atoms with Crippen LogP contribution in [0.4, 0.5) is 11.4 Å². The third-order valence-corrected chi connectivity index (χ3v) is 3.86. The highest BCUT2D eigenvalue weighted by Gasteiger charge is 2.25. The number of benzene rings is 2. The molecule has 5 nitrogen and oxygen atoms in total. The lowest BCUT2D eigenvalue weighted by atomic mass is 10.1. The minimum absolute atomic E-state index is 0.0518. The summed E-state index contributed by atoms with van der Waals surface area (Å²) in [5.74, 6) is 0. The SMILES string of the molecule is O=[N+]([O-])c1ccccc1N1CCOC(Cc2ccccc2)C1. The predicted molar refractivity (Wildman–Crippen MR) is 85.2 cm³/mol. The molecule has 2 aromatic carbocycles. The van der Waals surface area contributed by atoms with E-state index in [9.17, 15) is 10.1 Å². The smallest absolute Gasteiger partial charge is 0.292 e. The molecule has 1 heterocycles. The Hall–Kier alpha value is -2.40. The van der Waals surface area contributed by atoms with E-state index >= 15 is 0 Å². The van der Waals surface area contributed by atoms with Crippen molar-refractivity contribution in [1.82, 2.24) is 0 Å². The lowest BCUT2D eigenvalue weighted by Gasteiger charge is -2.34. The standard InChI is InChI=1S/C17H18N2O3/c20-19(21)17-9-5-4-8-16(17)18-10-11-22-15(13-18)12-14-6-2-1-3-7-14/h1-9,15H,10-13H2. The van der Waals surface area contributed by atoms with E-state index in [2.05, 4.69) is 17.0 Å². The summed E-state index contributed by atoms with van der Waals surface area (Å²) in [6, 6.07) is 17.1. The van der Waals surface area contributed by atoms with Gasteiger partial charge in [-0.25, -0.2) is 0 Å². The van der Waals surface area contributed by atoms with Crippen LogP contribution in [0.15, 0.2) is 54.6 Å². The largest absolute Gasteiger partial charge is 0.374 e. The van der Waals surface area contributed by atoms with Crippen molar-refractivity contribution >= 4 is 11.4 Å². The molecular formula is C17H18N2O3. The van der Waals surface area contributed by atoms with Gasteiger partial charge < -0.3 is 9.64 Å². The third kappa shape index (κ3) is 3.26. The van der Waals surface area contributed by atoms with E-state index in [1.807, 2.05) is 30.3 Å². The van der Waals surface area contributed by atoms with Gasteiger partial charge in [-0.05, 0) is 11.6 Å². The highest BCUT2D eigenvalue weighted by molar-refractivity contribution is 5.63. The van der Waals surface area contributed by atoms with Crippen molar-refractivity contribution in [1.29, 1.82) is 0 Å². The molecule has 0 saturated carbocycles. The van der Waals surface area contributed by atoms with E-state index in [1.165, 1.54) is 5.56 Å². The first kappa shape index (κ1) is 14.5. The van der Waals surface area contributed by atoms with Crippen molar-refractivity contribution in [3.05, 3.63) is 70.3 Å². The number of hydrogen-bond acceptors (Lipinski definition) is 4. The van der Waals surface area contributed by atoms with Crippen molar-refractivity contribution in [2.75, 3.05) is 24.6 Å². The van der Waals surface area contributed by atoms with Crippen LogP contribution in [-0.4, -0.2) is 30.7 Å². The quantitative estimate of drug-likeness (QED) is 0.643. The molecule has 1 saturated heterocycles. The molecule has 0 aromatic heterocycles. The first-order valence-electron chi connectivity index (χ1n) is 7.38. The normalized spacial score (nSPS) is 18.2. The molecule has 0 aliphatic carbocycles. The van der Waals surface area contributed by atoms with Crippen LogP contribution in [0.1, 0.15) is 5.56 Å². The van der Waals surface area contributed by atoms with Crippen molar-refractivity contribution in [3.63, 3.8) is 0 Å². The van der Waals surface area contributed by atoms with Gasteiger partial charge in [0.25, 0.3) is 5.69 Å². The van der Waals surface area contributed by atoms with Gasteiger partial charge in [-0.3, -0.25) is 10.1 Å². The van der Waals surface area contributed by atoms with E-state index in [-0.39, 0.29) is 16.7 Å².